The Hall–Kier alpha value is -3.40. The second-order valence-corrected chi connectivity index (χ2v) is 7.65. The van der Waals surface area contributed by atoms with Gasteiger partial charge in [-0.25, -0.2) is 4.79 Å². The second-order valence-electron chi connectivity index (χ2n) is 7.65. The van der Waals surface area contributed by atoms with E-state index in [9.17, 15) is 9.59 Å². The van der Waals surface area contributed by atoms with E-state index in [0.29, 0.717) is 25.1 Å². The molecule has 1 heterocycles. The lowest BCUT2D eigenvalue weighted by molar-refractivity contribution is -0.140. The van der Waals surface area contributed by atoms with Crippen molar-refractivity contribution in [2.24, 2.45) is 0 Å². The molecule has 0 saturated carbocycles. The number of rotatable bonds is 5. The van der Waals surface area contributed by atoms with Crippen LogP contribution in [0.15, 0.2) is 78.9 Å². The van der Waals surface area contributed by atoms with Gasteiger partial charge in [-0.1, -0.05) is 72.8 Å². The van der Waals surface area contributed by atoms with Crippen LogP contribution in [0.1, 0.15) is 39.5 Å². The van der Waals surface area contributed by atoms with Gasteiger partial charge < -0.3 is 9.64 Å². The van der Waals surface area contributed by atoms with Crippen LogP contribution < -0.4 is 0 Å². The van der Waals surface area contributed by atoms with E-state index in [4.69, 9.17) is 4.74 Å². The first-order valence-electron chi connectivity index (χ1n) is 10.3. The van der Waals surface area contributed by atoms with Gasteiger partial charge in [0.1, 0.15) is 0 Å². The van der Waals surface area contributed by atoms with E-state index in [1.165, 1.54) is 5.56 Å². The predicted molar refractivity (Wildman–Crippen MR) is 116 cm³/mol. The molecule has 0 aliphatic carbocycles. The third-order valence-corrected chi connectivity index (χ3v) is 5.55. The molecule has 4 rings (SSSR count). The number of fused-ring (bicyclic) bond motifs is 1. The Labute approximate surface area is 177 Å². The van der Waals surface area contributed by atoms with Gasteiger partial charge in [0, 0.05) is 13.1 Å². The standard InChI is InChI=1S/C26H25NO3/c1-19(25(28)27-16-15-21-11-5-6-13-23(21)18-27)30-26(29)24-14-8-7-12-22(24)17-20-9-3-2-4-10-20/h2-14,19H,15-18H2,1H3/t19-/m1/s1. The largest absolute Gasteiger partial charge is 0.449 e. The normalized spacial score (nSPS) is 14.0. The summed E-state index contributed by atoms with van der Waals surface area (Å²) in [5.74, 6) is -0.613. The number of amides is 1. The van der Waals surface area contributed by atoms with E-state index in [1.54, 1.807) is 17.9 Å². The van der Waals surface area contributed by atoms with Crippen LogP contribution in [0.4, 0.5) is 0 Å². The van der Waals surface area contributed by atoms with Crippen molar-refractivity contribution < 1.29 is 14.3 Å². The highest BCUT2D eigenvalue weighted by Crippen LogP contribution is 2.21. The van der Waals surface area contributed by atoms with Crippen molar-refractivity contribution in [3.63, 3.8) is 0 Å². The van der Waals surface area contributed by atoms with Crippen LogP contribution in [0.2, 0.25) is 0 Å². The number of benzene rings is 3. The quantitative estimate of drug-likeness (QED) is 0.597. The fourth-order valence-corrected chi connectivity index (χ4v) is 3.90. The molecule has 0 N–H and O–H groups in total. The molecule has 3 aromatic rings. The van der Waals surface area contributed by atoms with Crippen molar-refractivity contribution in [1.29, 1.82) is 0 Å². The number of hydrogen-bond donors (Lipinski definition) is 0. The lowest BCUT2D eigenvalue weighted by Gasteiger charge is -2.30. The molecule has 0 aromatic heterocycles. The minimum Gasteiger partial charge on any atom is -0.449 e. The van der Waals surface area contributed by atoms with Gasteiger partial charge in [0.2, 0.25) is 0 Å². The van der Waals surface area contributed by atoms with Gasteiger partial charge in [-0.2, -0.15) is 0 Å². The summed E-state index contributed by atoms with van der Waals surface area (Å²) in [7, 11) is 0. The van der Waals surface area contributed by atoms with E-state index in [-0.39, 0.29) is 5.91 Å². The Morgan fingerprint density at radius 2 is 1.57 bits per heavy atom. The van der Waals surface area contributed by atoms with Crippen molar-refractivity contribution in [3.8, 4) is 0 Å². The van der Waals surface area contributed by atoms with E-state index in [1.807, 2.05) is 66.7 Å². The number of ether oxygens (including phenoxy) is 1. The summed E-state index contributed by atoms with van der Waals surface area (Å²) in [5, 5.41) is 0. The minimum absolute atomic E-state index is 0.154. The second kappa shape index (κ2) is 8.95. The highest BCUT2D eigenvalue weighted by Gasteiger charge is 2.27. The van der Waals surface area contributed by atoms with Crippen molar-refractivity contribution in [1.82, 2.24) is 4.90 Å². The minimum atomic E-state index is -0.826. The Morgan fingerprint density at radius 3 is 2.37 bits per heavy atom. The molecule has 0 fully saturated rings. The average Bonchev–Trinajstić information content (AvgIpc) is 2.79. The fourth-order valence-electron chi connectivity index (χ4n) is 3.90. The summed E-state index contributed by atoms with van der Waals surface area (Å²) in [6.07, 6.45) is 0.632. The summed E-state index contributed by atoms with van der Waals surface area (Å²) in [5.41, 5.74) is 4.95. The maximum atomic E-state index is 12.9. The molecule has 0 unspecified atom stereocenters. The van der Waals surface area contributed by atoms with Crippen molar-refractivity contribution in [2.75, 3.05) is 6.54 Å². The molecule has 1 amide bonds. The first-order valence-corrected chi connectivity index (χ1v) is 10.3. The lowest BCUT2D eigenvalue weighted by Crippen LogP contribution is -2.42. The summed E-state index contributed by atoms with van der Waals surface area (Å²) in [4.78, 5) is 27.5. The molecule has 152 valence electrons. The third kappa shape index (κ3) is 4.43. The topological polar surface area (TPSA) is 46.6 Å². The summed E-state index contributed by atoms with van der Waals surface area (Å²) < 4.78 is 5.59. The van der Waals surface area contributed by atoms with Crippen molar-refractivity contribution in [3.05, 3.63) is 107 Å². The van der Waals surface area contributed by atoms with Gasteiger partial charge in [0.25, 0.3) is 5.91 Å². The van der Waals surface area contributed by atoms with Crippen LogP contribution in [0.5, 0.6) is 0 Å². The zero-order valence-corrected chi connectivity index (χ0v) is 17.1. The van der Waals surface area contributed by atoms with Gasteiger partial charge in [-0.15, -0.1) is 0 Å². The van der Waals surface area contributed by atoms with Crippen LogP contribution in [0.3, 0.4) is 0 Å². The van der Waals surface area contributed by atoms with Crippen molar-refractivity contribution >= 4 is 11.9 Å². The molecule has 3 aromatic carbocycles. The molecular formula is C26H25NO3. The summed E-state index contributed by atoms with van der Waals surface area (Å²) in [6, 6.07) is 25.6. The van der Waals surface area contributed by atoms with Gasteiger partial charge >= 0.3 is 5.97 Å². The number of nitrogens with zero attached hydrogens (tertiary/aromatic N) is 1. The van der Waals surface area contributed by atoms with Crippen LogP contribution in [0, 0.1) is 0 Å². The lowest BCUT2D eigenvalue weighted by atomic mass is 9.99. The van der Waals surface area contributed by atoms with Gasteiger partial charge in [0.15, 0.2) is 6.10 Å². The van der Waals surface area contributed by atoms with Gasteiger partial charge in [0.05, 0.1) is 5.56 Å². The first-order chi connectivity index (χ1) is 14.6. The third-order valence-electron chi connectivity index (χ3n) is 5.55. The summed E-state index contributed by atoms with van der Waals surface area (Å²) in [6.45, 7) is 2.85. The molecule has 1 aliphatic rings. The molecule has 0 bridgehead atoms. The van der Waals surface area contributed by atoms with E-state index in [0.717, 1.165) is 23.1 Å². The summed E-state index contributed by atoms with van der Waals surface area (Å²) >= 11 is 0. The Balaban J connectivity index is 1.43. The van der Waals surface area contributed by atoms with Gasteiger partial charge in [-0.3, -0.25) is 4.79 Å². The van der Waals surface area contributed by atoms with E-state index >= 15 is 0 Å². The monoisotopic (exact) mass is 399 g/mol. The maximum Gasteiger partial charge on any atom is 0.339 e. The average molecular weight is 399 g/mol. The smallest absolute Gasteiger partial charge is 0.339 e. The molecular weight excluding hydrogens is 374 g/mol. The van der Waals surface area contributed by atoms with E-state index in [2.05, 4.69) is 6.07 Å². The molecule has 0 saturated heterocycles. The Bertz CT molecular complexity index is 1040. The van der Waals surface area contributed by atoms with Gasteiger partial charge in [-0.05, 0) is 48.1 Å². The van der Waals surface area contributed by atoms with Crippen LogP contribution >= 0.6 is 0 Å². The number of hydrogen-bond acceptors (Lipinski definition) is 3. The number of carbonyl (C=O) groups excluding carboxylic acids is 2. The molecule has 30 heavy (non-hydrogen) atoms. The number of carbonyl (C=O) groups is 2. The Kier molecular flexibility index (Phi) is 5.94. The molecule has 4 nitrogen and oxygen atoms in total. The fraction of sp³-hybridized carbons (Fsp3) is 0.231. The van der Waals surface area contributed by atoms with Crippen LogP contribution in [-0.4, -0.2) is 29.4 Å². The zero-order valence-electron chi connectivity index (χ0n) is 17.1. The first kappa shape index (κ1) is 19.9. The van der Waals surface area contributed by atoms with Crippen molar-refractivity contribution in [2.45, 2.75) is 32.4 Å². The maximum absolute atomic E-state index is 12.9. The highest BCUT2D eigenvalue weighted by atomic mass is 16.5. The molecule has 1 atom stereocenters. The number of esters is 1. The molecule has 0 spiro atoms. The predicted octanol–water partition coefficient (Wildman–Crippen LogP) is 4.41. The highest BCUT2D eigenvalue weighted by molar-refractivity contribution is 5.93. The SMILES string of the molecule is C[C@@H](OC(=O)c1ccccc1Cc1ccccc1)C(=O)N1CCc2ccccc2C1. The molecule has 0 radical (unpaired) electrons. The molecule has 4 heteroatoms. The zero-order chi connectivity index (χ0) is 20.9. The molecule has 1 aliphatic heterocycles. The Morgan fingerprint density at radius 1 is 0.900 bits per heavy atom. The van der Waals surface area contributed by atoms with Crippen LogP contribution in [-0.2, 0) is 28.9 Å². The van der Waals surface area contributed by atoms with E-state index < -0.39 is 12.1 Å². The van der Waals surface area contributed by atoms with Crippen LogP contribution in [0.25, 0.3) is 0 Å².